The van der Waals surface area contributed by atoms with Gasteiger partial charge < -0.3 is 10.6 Å². The minimum absolute atomic E-state index is 0. The molecule has 0 fully saturated rings. The standard InChI is InChI=1S/C2H4O2.Ca.Mg.H2O.4H/c1-2(3)4;;;;;;;/h1H3,(H,3,4);;;1H2;;;;. The van der Waals surface area contributed by atoms with Crippen LogP contribution < -0.4 is 0 Å². The number of hydrogen-bond acceptors (Lipinski definition) is 1. The summed E-state index contributed by atoms with van der Waals surface area (Å²) in [7, 11) is 0. The second-order valence-corrected chi connectivity index (χ2v) is 0.519. The summed E-state index contributed by atoms with van der Waals surface area (Å²) < 4.78 is 0. The van der Waals surface area contributed by atoms with Crippen LogP contribution in [0, 0.1) is 0 Å². The summed E-state index contributed by atoms with van der Waals surface area (Å²) in [6.07, 6.45) is 0. The van der Waals surface area contributed by atoms with Crippen LogP contribution in [0.25, 0.3) is 0 Å². The predicted molar refractivity (Wildman–Crippen MR) is 34.0 cm³/mol. The van der Waals surface area contributed by atoms with Gasteiger partial charge in [0.2, 0.25) is 0 Å². The molecule has 0 aromatic rings. The number of aliphatic carboxylic acids is 1. The number of carboxylic acids is 1. The van der Waals surface area contributed by atoms with Crippen molar-refractivity contribution >= 4 is 66.8 Å². The van der Waals surface area contributed by atoms with Gasteiger partial charge >= 0.3 is 60.8 Å². The third kappa shape index (κ3) is 105. The normalized spacial score (nSPS) is 3.57. The second-order valence-electron chi connectivity index (χ2n) is 0.519. The van der Waals surface area contributed by atoms with Crippen LogP contribution in [-0.4, -0.2) is 77.3 Å². The van der Waals surface area contributed by atoms with Crippen molar-refractivity contribution in [3.63, 3.8) is 0 Å². The Morgan fingerprint density at radius 2 is 1.57 bits per heavy atom. The molecule has 0 amide bonds. The molecule has 0 aliphatic carbocycles. The van der Waals surface area contributed by atoms with Crippen molar-refractivity contribution in [2.45, 2.75) is 6.92 Å². The molecular formula is C2H10CaMgO3. The molecule has 0 radical (unpaired) electrons. The zero-order valence-corrected chi connectivity index (χ0v) is 2.86. The van der Waals surface area contributed by atoms with E-state index in [0.29, 0.717) is 0 Å². The maximum atomic E-state index is 9.00. The smallest absolute Gasteiger partial charge is 0.316 e. The molecule has 3 N–H and O–H groups in total. The van der Waals surface area contributed by atoms with Crippen molar-refractivity contribution in [3.05, 3.63) is 0 Å². The fourth-order valence-corrected chi connectivity index (χ4v) is 0. The van der Waals surface area contributed by atoms with Gasteiger partial charge in [0.15, 0.2) is 0 Å². The Morgan fingerprint density at radius 3 is 1.57 bits per heavy atom. The largest absolute Gasteiger partial charge is 0.316 e. The molecule has 0 aliphatic heterocycles. The zero-order valence-electron chi connectivity index (χ0n) is 2.86. The van der Waals surface area contributed by atoms with Crippen LogP contribution in [-0.2, 0) is 4.79 Å². The van der Waals surface area contributed by atoms with Crippen LogP contribution in [0.2, 0.25) is 0 Å². The second kappa shape index (κ2) is 15.7. The zero-order chi connectivity index (χ0) is 3.58. The van der Waals surface area contributed by atoms with E-state index in [-0.39, 0.29) is 66.3 Å². The van der Waals surface area contributed by atoms with Crippen molar-refractivity contribution in [2.24, 2.45) is 0 Å². The summed E-state index contributed by atoms with van der Waals surface area (Å²) in [5.41, 5.74) is 0. The molecule has 0 aromatic heterocycles. The Bertz CT molecular complexity index is 35.9. The molecule has 40 valence electrons. The Kier molecular flexibility index (Phi) is 52.9. The molecule has 0 rings (SSSR count). The topological polar surface area (TPSA) is 68.8 Å². The molecule has 0 aromatic carbocycles. The minimum atomic E-state index is -0.833. The van der Waals surface area contributed by atoms with Crippen LogP contribution in [0.4, 0.5) is 0 Å². The molecule has 0 atom stereocenters. The first-order valence-corrected chi connectivity index (χ1v) is 0.928. The van der Waals surface area contributed by atoms with Crippen LogP contribution in [0.1, 0.15) is 6.92 Å². The van der Waals surface area contributed by atoms with Gasteiger partial charge in [-0.3, -0.25) is 4.79 Å². The number of hydrogen-bond donors (Lipinski definition) is 1. The first-order valence-electron chi connectivity index (χ1n) is 0.928. The van der Waals surface area contributed by atoms with Crippen LogP contribution >= 0.6 is 0 Å². The van der Waals surface area contributed by atoms with E-state index >= 15 is 0 Å². The summed E-state index contributed by atoms with van der Waals surface area (Å²) >= 11 is 0. The average molecular weight is 146 g/mol. The summed E-state index contributed by atoms with van der Waals surface area (Å²) in [5, 5.41) is 7.42. The van der Waals surface area contributed by atoms with Gasteiger partial charge in [-0.1, -0.05) is 0 Å². The van der Waals surface area contributed by atoms with E-state index in [2.05, 4.69) is 0 Å². The van der Waals surface area contributed by atoms with Crippen molar-refractivity contribution in [1.29, 1.82) is 0 Å². The van der Waals surface area contributed by atoms with E-state index in [9.17, 15) is 0 Å². The quantitative estimate of drug-likeness (QED) is 0.382. The molecular weight excluding hydrogens is 136 g/mol. The summed E-state index contributed by atoms with van der Waals surface area (Å²) in [6.45, 7) is 1.08. The van der Waals surface area contributed by atoms with E-state index < -0.39 is 5.97 Å². The third-order valence-electron chi connectivity index (χ3n) is 0. The molecule has 0 heterocycles. The average Bonchev–Trinajstić information content (AvgIpc) is 0.811. The van der Waals surface area contributed by atoms with Crippen LogP contribution in [0.15, 0.2) is 0 Å². The molecule has 3 nitrogen and oxygen atoms in total. The van der Waals surface area contributed by atoms with Gasteiger partial charge in [0, 0.05) is 6.92 Å². The van der Waals surface area contributed by atoms with Gasteiger partial charge in [0.25, 0.3) is 5.97 Å². The van der Waals surface area contributed by atoms with E-state index in [1.54, 1.807) is 0 Å². The molecule has 0 unspecified atom stereocenters. The first kappa shape index (κ1) is 23.7. The molecule has 0 spiro atoms. The fourth-order valence-electron chi connectivity index (χ4n) is 0. The van der Waals surface area contributed by atoms with Crippen molar-refractivity contribution in [1.82, 2.24) is 0 Å². The summed E-state index contributed by atoms with van der Waals surface area (Å²) in [6, 6.07) is 0. The third-order valence-corrected chi connectivity index (χ3v) is 0. The Balaban J connectivity index is -0.0000000150. The Morgan fingerprint density at radius 1 is 1.57 bits per heavy atom. The van der Waals surface area contributed by atoms with E-state index in [4.69, 9.17) is 9.90 Å². The monoisotopic (exact) mass is 146 g/mol. The summed E-state index contributed by atoms with van der Waals surface area (Å²) in [4.78, 5) is 9.00. The SMILES string of the molecule is CC(=O)O.O.[CaH2].[MgH2]. The Hall–Kier alpha value is 1.46. The van der Waals surface area contributed by atoms with Gasteiger partial charge in [-0.05, 0) is 0 Å². The van der Waals surface area contributed by atoms with Gasteiger partial charge in [0.05, 0.1) is 0 Å². The number of rotatable bonds is 0. The number of carbonyl (C=O) groups is 1. The van der Waals surface area contributed by atoms with E-state index in [1.165, 1.54) is 0 Å². The summed E-state index contributed by atoms with van der Waals surface area (Å²) in [5.74, 6) is -0.833. The van der Waals surface area contributed by atoms with E-state index in [1.807, 2.05) is 0 Å². The molecule has 0 bridgehead atoms. The fraction of sp³-hybridized carbons (Fsp3) is 0.500. The Labute approximate surface area is 87.9 Å². The van der Waals surface area contributed by atoms with Crippen molar-refractivity contribution in [3.8, 4) is 0 Å². The molecule has 5 heteroatoms. The van der Waals surface area contributed by atoms with Crippen molar-refractivity contribution in [2.75, 3.05) is 0 Å². The molecule has 0 saturated carbocycles. The van der Waals surface area contributed by atoms with Crippen LogP contribution in [0.5, 0.6) is 0 Å². The van der Waals surface area contributed by atoms with E-state index in [0.717, 1.165) is 6.92 Å². The maximum Gasteiger partial charge on any atom is 0.316 e. The van der Waals surface area contributed by atoms with Gasteiger partial charge in [-0.2, -0.15) is 0 Å². The van der Waals surface area contributed by atoms with Crippen LogP contribution in [0.3, 0.4) is 0 Å². The molecule has 7 heavy (non-hydrogen) atoms. The van der Waals surface area contributed by atoms with Gasteiger partial charge in [-0.25, -0.2) is 0 Å². The predicted octanol–water partition coefficient (Wildman–Crippen LogP) is -2.57. The van der Waals surface area contributed by atoms with Gasteiger partial charge in [-0.15, -0.1) is 0 Å². The molecule has 0 saturated heterocycles. The minimum Gasteiger partial charge on any atom is 0.316 e. The van der Waals surface area contributed by atoms with Gasteiger partial charge in [0.1, 0.15) is 0 Å². The van der Waals surface area contributed by atoms with Crippen molar-refractivity contribution < 1.29 is 15.4 Å². The number of carboxylic acid groups (broad SMARTS) is 1. The first-order chi connectivity index (χ1) is 1.73. The molecule has 0 aliphatic rings. The maximum absolute atomic E-state index is 9.00.